The Morgan fingerprint density at radius 1 is 1.17 bits per heavy atom. The number of carbonyl (C=O) groups is 2. The number of nitrogens with zero attached hydrogens (tertiary/aromatic N) is 1. The summed E-state index contributed by atoms with van der Waals surface area (Å²) in [5.74, 6) is -0.953. The minimum atomic E-state index is -0.481. The third kappa shape index (κ3) is 2.59. The lowest BCUT2D eigenvalue weighted by Gasteiger charge is -1.99. The van der Waals surface area contributed by atoms with Crippen molar-refractivity contribution < 1.29 is 9.59 Å². The molecule has 1 aromatic carbocycles. The van der Waals surface area contributed by atoms with Crippen molar-refractivity contribution in [2.24, 2.45) is 0 Å². The van der Waals surface area contributed by atoms with Gasteiger partial charge in [-0.25, -0.2) is 0 Å². The monoisotopic (exact) mass is 305 g/mol. The fraction of sp³-hybridized carbons (Fsp3) is 0.143. The lowest BCUT2D eigenvalue weighted by atomic mass is 10.0. The number of Topliss-reactive ketones (excluding diaryl/α,β-unsaturated/α-hetero) is 2. The summed E-state index contributed by atoms with van der Waals surface area (Å²) in [5, 5.41) is 0. The molecule has 0 N–H and O–H groups in total. The molecule has 0 aliphatic rings. The number of halogens is 1. The molecule has 0 spiro atoms. The van der Waals surface area contributed by atoms with Gasteiger partial charge in [0.05, 0.1) is 0 Å². The number of aromatic nitrogens is 1. The van der Waals surface area contributed by atoms with Crippen molar-refractivity contribution in [2.75, 3.05) is 0 Å². The Kier molecular flexibility index (Phi) is 3.77. The predicted molar refractivity (Wildman–Crippen MR) is 72.9 cm³/mol. The highest BCUT2D eigenvalue weighted by Gasteiger charge is 2.19. The topological polar surface area (TPSA) is 39.1 Å². The summed E-state index contributed by atoms with van der Waals surface area (Å²) < 4.78 is 2.65. The lowest BCUT2D eigenvalue weighted by molar-refractivity contribution is 0.0817. The van der Waals surface area contributed by atoms with Gasteiger partial charge in [-0.2, -0.15) is 0 Å². The molecule has 3 nitrogen and oxygen atoms in total. The summed E-state index contributed by atoms with van der Waals surface area (Å²) in [7, 11) is 0. The van der Waals surface area contributed by atoms with E-state index in [0.717, 1.165) is 11.0 Å². The van der Waals surface area contributed by atoms with E-state index in [2.05, 4.69) is 15.9 Å². The van der Waals surface area contributed by atoms with Crippen molar-refractivity contribution in [3.8, 4) is 0 Å². The molecule has 1 heterocycles. The van der Waals surface area contributed by atoms with Crippen molar-refractivity contribution in [1.29, 1.82) is 0 Å². The fourth-order valence-corrected chi connectivity index (χ4v) is 2.06. The Morgan fingerprint density at radius 3 is 2.50 bits per heavy atom. The van der Waals surface area contributed by atoms with Crippen LogP contribution in [0, 0.1) is 0 Å². The second-order valence-corrected chi connectivity index (χ2v) is 4.81. The van der Waals surface area contributed by atoms with Gasteiger partial charge >= 0.3 is 0 Å². The number of carbonyl (C=O) groups excluding carboxylic acids is 2. The van der Waals surface area contributed by atoms with Crippen LogP contribution in [-0.2, 0) is 6.54 Å². The van der Waals surface area contributed by atoms with Gasteiger partial charge in [0.2, 0.25) is 11.6 Å². The Balaban J connectivity index is 2.26. The second kappa shape index (κ2) is 5.31. The van der Waals surface area contributed by atoms with Gasteiger partial charge in [-0.3, -0.25) is 9.59 Å². The quantitative estimate of drug-likeness (QED) is 0.642. The third-order valence-corrected chi connectivity index (χ3v) is 3.16. The van der Waals surface area contributed by atoms with E-state index in [9.17, 15) is 9.59 Å². The Hall–Kier alpha value is -1.68. The van der Waals surface area contributed by atoms with Gasteiger partial charge in [-0.1, -0.05) is 28.1 Å². The molecule has 0 bridgehead atoms. The molecular formula is C14H12BrNO2. The molecule has 0 saturated carbocycles. The second-order valence-electron chi connectivity index (χ2n) is 3.90. The zero-order chi connectivity index (χ0) is 13.1. The van der Waals surface area contributed by atoms with E-state index < -0.39 is 11.6 Å². The van der Waals surface area contributed by atoms with Crippen LogP contribution in [0.1, 0.15) is 27.6 Å². The molecule has 0 amide bonds. The van der Waals surface area contributed by atoms with Crippen LogP contribution in [0.4, 0.5) is 0 Å². The normalized spacial score (nSPS) is 10.3. The number of ketones is 2. The highest BCUT2D eigenvalue weighted by Crippen LogP contribution is 2.14. The van der Waals surface area contributed by atoms with E-state index in [1.807, 2.05) is 17.6 Å². The average Bonchev–Trinajstić information content (AvgIpc) is 2.85. The first-order valence-corrected chi connectivity index (χ1v) is 6.41. The molecule has 0 radical (unpaired) electrons. The molecule has 0 unspecified atom stereocenters. The molecule has 4 heteroatoms. The van der Waals surface area contributed by atoms with Crippen LogP contribution in [0.3, 0.4) is 0 Å². The Morgan fingerprint density at radius 2 is 1.89 bits per heavy atom. The van der Waals surface area contributed by atoms with Crippen molar-refractivity contribution in [2.45, 2.75) is 13.5 Å². The van der Waals surface area contributed by atoms with Crippen LogP contribution >= 0.6 is 15.9 Å². The van der Waals surface area contributed by atoms with Crippen LogP contribution in [0.15, 0.2) is 47.2 Å². The van der Waals surface area contributed by atoms with Crippen LogP contribution in [0.25, 0.3) is 0 Å². The van der Waals surface area contributed by atoms with Gasteiger partial charge < -0.3 is 4.57 Å². The van der Waals surface area contributed by atoms with E-state index >= 15 is 0 Å². The average molecular weight is 306 g/mol. The minimum absolute atomic E-state index is 0.402. The molecule has 0 fully saturated rings. The zero-order valence-corrected chi connectivity index (χ0v) is 11.5. The fourth-order valence-electron chi connectivity index (χ4n) is 1.66. The van der Waals surface area contributed by atoms with Gasteiger partial charge in [-0.05, 0) is 25.1 Å². The van der Waals surface area contributed by atoms with Gasteiger partial charge in [0.1, 0.15) is 0 Å². The molecular weight excluding hydrogens is 294 g/mol. The third-order valence-electron chi connectivity index (χ3n) is 2.67. The molecule has 0 aliphatic carbocycles. The van der Waals surface area contributed by atoms with Crippen molar-refractivity contribution >= 4 is 27.5 Å². The van der Waals surface area contributed by atoms with E-state index in [1.165, 1.54) is 0 Å². The minimum Gasteiger partial charge on any atom is -0.354 e. The first-order valence-electron chi connectivity index (χ1n) is 5.62. The largest absolute Gasteiger partial charge is 0.354 e. The molecule has 1 aromatic heterocycles. The van der Waals surface area contributed by atoms with Crippen LogP contribution in [0.5, 0.6) is 0 Å². The zero-order valence-electron chi connectivity index (χ0n) is 9.89. The summed E-state index contributed by atoms with van der Waals surface area (Å²) in [6.45, 7) is 2.75. The van der Waals surface area contributed by atoms with E-state index in [-0.39, 0.29) is 0 Å². The summed E-state index contributed by atoms with van der Waals surface area (Å²) in [6, 6.07) is 8.51. The number of hydrogen-bond donors (Lipinski definition) is 0. The van der Waals surface area contributed by atoms with Crippen LogP contribution in [-0.4, -0.2) is 16.1 Å². The molecule has 0 saturated heterocycles. The summed E-state index contributed by atoms with van der Waals surface area (Å²) in [4.78, 5) is 24.0. The maximum absolute atomic E-state index is 12.0. The lowest BCUT2D eigenvalue weighted by Crippen LogP contribution is -2.13. The van der Waals surface area contributed by atoms with Crippen molar-refractivity contribution in [3.05, 3.63) is 58.3 Å². The number of aryl methyl sites for hydroxylation is 1. The highest BCUT2D eigenvalue weighted by atomic mass is 79.9. The first-order chi connectivity index (χ1) is 8.61. The molecule has 18 heavy (non-hydrogen) atoms. The van der Waals surface area contributed by atoms with Crippen molar-refractivity contribution in [1.82, 2.24) is 4.57 Å². The van der Waals surface area contributed by atoms with Gasteiger partial charge in [0, 0.05) is 34.5 Å². The molecule has 92 valence electrons. The molecule has 0 atom stereocenters. The van der Waals surface area contributed by atoms with Gasteiger partial charge in [0.15, 0.2) is 0 Å². The predicted octanol–water partition coefficient (Wildman–Crippen LogP) is 3.34. The standard InChI is InChI=1S/C14H12BrNO2/c1-2-16-7-6-11(9-16)14(18)13(17)10-4-3-5-12(15)8-10/h3-9H,2H2,1H3. The van der Waals surface area contributed by atoms with Crippen molar-refractivity contribution in [3.63, 3.8) is 0 Å². The molecule has 2 rings (SSSR count). The molecule has 0 aliphatic heterocycles. The molecule has 2 aromatic rings. The highest BCUT2D eigenvalue weighted by molar-refractivity contribution is 9.10. The maximum atomic E-state index is 12.0. The number of rotatable bonds is 4. The van der Waals surface area contributed by atoms with Crippen LogP contribution in [0.2, 0.25) is 0 Å². The van der Waals surface area contributed by atoms with Gasteiger partial charge in [0.25, 0.3) is 0 Å². The Labute approximate surface area is 114 Å². The van der Waals surface area contributed by atoms with Gasteiger partial charge in [-0.15, -0.1) is 0 Å². The van der Waals surface area contributed by atoms with E-state index in [4.69, 9.17) is 0 Å². The summed E-state index contributed by atoms with van der Waals surface area (Å²) in [6.07, 6.45) is 3.49. The smallest absolute Gasteiger partial charge is 0.235 e. The summed E-state index contributed by atoms with van der Waals surface area (Å²) >= 11 is 3.28. The number of benzene rings is 1. The maximum Gasteiger partial charge on any atom is 0.235 e. The first kappa shape index (κ1) is 12.8. The van der Waals surface area contributed by atoms with E-state index in [0.29, 0.717) is 11.1 Å². The Bertz CT molecular complexity index is 601. The number of hydrogen-bond acceptors (Lipinski definition) is 2. The SMILES string of the molecule is CCn1ccc(C(=O)C(=O)c2cccc(Br)c2)c1. The van der Waals surface area contributed by atoms with E-state index in [1.54, 1.807) is 36.7 Å². The summed E-state index contributed by atoms with van der Waals surface area (Å²) in [5.41, 5.74) is 0.834. The van der Waals surface area contributed by atoms with Crippen LogP contribution < -0.4 is 0 Å².